The lowest BCUT2D eigenvalue weighted by Gasteiger charge is -2.26. The van der Waals surface area contributed by atoms with E-state index in [0.29, 0.717) is 6.42 Å². The lowest BCUT2D eigenvalue weighted by atomic mass is 10.0. The fourth-order valence-electron chi connectivity index (χ4n) is 1.30. The largest absolute Gasteiger partial charge is 0.396 e. The van der Waals surface area contributed by atoms with Gasteiger partial charge in [-0.3, -0.25) is 0 Å². The van der Waals surface area contributed by atoms with Gasteiger partial charge in [-0.1, -0.05) is 0 Å². The number of aliphatic hydroxyl groups is 1. The molecule has 0 fully saturated rings. The van der Waals surface area contributed by atoms with Gasteiger partial charge in [0.05, 0.1) is 5.69 Å². The molecule has 0 amide bonds. The average molecular weight is 215 g/mol. The molecule has 1 aromatic carbocycles. The summed E-state index contributed by atoms with van der Waals surface area (Å²) in [7, 11) is 0. The third-order valence-electron chi connectivity index (χ3n) is 2.14. The second-order valence-corrected chi connectivity index (χ2v) is 4.11. The van der Waals surface area contributed by atoms with Crippen LogP contribution in [-0.4, -0.2) is 17.3 Å². The van der Waals surface area contributed by atoms with Crippen LogP contribution in [-0.2, 0) is 0 Å². The van der Waals surface area contributed by atoms with Crippen LogP contribution in [0.15, 0.2) is 18.2 Å². The van der Waals surface area contributed by atoms with Crippen molar-refractivity contribution in [3.05, 3.63) is 29.8 Å². The van der Waals surface area contributed by atoms with Gasteiger partial charge in [-0.15, -0.1) is 0 Å². The highest BCUT2D eigenvalue weighted by atomic mass is 19.1. The summed E-state index contributed by atoms with van der Waals surface area (Å²) in [6, 6.07) is 3.38. The van der Waals surface area contributed by atoms with Crippen molar-refractivity contribution in [2.75, 3.05) is 11.9 Å². The molecule has 0 saturated heterocycles. The van der Waals surface area contributed by atoms with Gasteiger partial charge in [-0.05, 0) is 32.4 Å². The van der Waals surface area contributed by atoms with Gasteiger partial charge < -0.3 is 10.4 Å². The molecule has 84 valence electrons. The van der Waals surface area contributed by atoms with Gasteiger partial charge in [-0.2, -0.15) is 0 Å². The second-order valence-electron chi connectivity index (χ2n) is 4.11. The molecule has 0 aliphatic rings. The first-order chi connectivity index (χ1) is 6.94. The number of hydrogen-bond donors (Lipinski definition) is 2. The van der Waals surface area contributed by atoms with Crippen LogP contribution >= 0.6 is 0 Å². The predicted octanol–water partition coefficient (Wildman–Crippen LogP) is 2.54. The van der Waals surface area contributed by atoms with E-state index in [4.69, 9.17) is 5.11 Å². The molecule has 0 spiro atoms. The Morgan fingerprint density at radius 2 is 2.00 bits per heavy atom. The summed E-state index contributed by atoms with van der Waals surface area (Å²) in [6.45, 7) is 3.70. The molecule has 0 atom stereocenters. The summed E-state index contributed by atoms with van der Waals surface area (Å²) < 4.78 is 25.9. The van der Waals surface area contributed by atoms with Crippen LogP contribution in [0.25, 0.3) is 0 Å². The third kappa shape index (κ3) is 3.47. The second kappa shape index (κ2) is 4.57. The van der Waals surface area contributed by atoms with Gasteiger partial charge in [0.1, 0.15) is 11.6 Å². The van der Waals surface area contributed by atoms with Gasteiger partial charge in [0.15, 0.2) is 0 Å². The first-order valence-electron chi connectivity index (χ1n) is 4.79. The zero-order chi connectivity index (χ0) is 11.5. The Bertz CT molecular complexity index is 339. The summed E-state index contributed by atoms with van der Waals surface area (Å²) in [5.41, 5.74) is -0.178. The van der Waals surface area contributed by atoms with Crippen LogP contribution in [0.3, 0.4) is 0 Å². The van der Waals surface area contributed by atoms with E-state index >= 15 is 0 Å². The molecule has 0 heterocycles. The van der Waals surface area contributed by atoms with E-state index in [1.54, 1.807) is 0 Å². The van der Waals surface area contributed by atoms with Crippen LogP contribution < -0.4 is 5.32 Å². The fourth-order valence-corrected chi connectivity index (χ4v) is 1.30. The standard InChI is InChI=1S/C11H15F2NO/c1-11(2,5-6-15)14-10-4-3-8(12)7-9(10)13/h3-4,7,14-15H,5-6H2,1-2H3. The van der Waals surface area contributed by atoms with Crippen molar-refractivity contribution in [2.45, 2.75) is 25.8 Å². The summed E-state index contributed by atoms with van der Waals surface area (Å²) in [5.74, 6) is -1.22. The van der Waals surface area contributed by atoms with E-state index < -0.39 is 17.2 Å². The maximum Gasteiger partial charge on any atom is 0.149 e. The molecule has 0 aliphatic heterocycles. The van der Waals surface area contributed by atoms with Crippen LogP contribution in [0.4, 0.5) is 14.5 Å². The number of hydrogen-bond acceptors (Lipinski definition) is 2. The van der Waals surface area contributed by atoms with Crippen molar-refractivity contribution >= 4 is 5.69 Å². The molecule has 1 aromatic rings. The van der Waals surface area contributed by atoms with Gasteiger partial charge in [0.2, 0.25) is 0 Å². The molecule has 0 unspecified atom stereocenters. The predicted molar refractivity (Wildman–Crippen MR) is 55.8 cm³/mol. The average Bonchev–Trinajstić information content (AvgIpc) is 2.09. The highest BCUT2D eigenvalue weighted by molar-refractivity contribution is 5.46. The van der Waals surface area contributed by atoms with E-state index in [-0.39, 0.29) is 12.3 Å². The summed E-state index contributed by atoms with van der Waals surface area (Å²) >= 11 is 0. The van der Waals surface area contributed by atoms with Crippen LogP contribution in [0, 0.1) is 11.6 Å². The first kappa shape index (κ1) is 11.9. The quantitative estimate of drug-likeness (QED) is 0.809. The third-order valence-corrected chi connectivity index (χ3v) is 2.14. The Morgan fingerprint density at radius 1 is 1.33 bits per heavy atom. The number of anilines is 1. The van der Waals surface area contributed by atoms with E-state index in [2.05, 4.69) is 5.32 Å². The fraction of sp³-hybridized carbons (Fsp3) is 0.455. The van der Waals surface area contributed by atoms with Crippen molar-refractivity contribution in [1.82, 2.24) is 0 Å². The monoisotopic (exact) mass is 215 g/mol. The van der Waals surface area contributed by atoms with E-state index in [9.17, 15) is 8.78 Å². The molecule has 4 heteroatoms. The minimum atomic E-state index is -0.624. The number of benzene rings is 1. The number of nitrogens with one attached hydrogen (secondary N) is 1. The topological polar surface area (TPSA) is 32.3 Å². The van der Waals surface area contributed by atoms with Gasteiger partial charge in [-0.25, -0.2) is 8.78 Å². The number of aliphatic hydroxyl groups excluding tert-OH is 1. The van der Waals surface area contributed by atoms with Gasteiger partial charge in [0, 0.05) is 18.2 Å². The van der Waals surface area contributed by atoms with Gasteiger partial charge >= 0.3 is 0 Å². The van der Waals surface area contributed by atoms with Crippen LogP contribution in [0.1, 0.15) is 20.3 Å². The Labute approximate surface area is 87.9 Å². The van der Waals surface area contributed by atoms with E-state index in [1.807, 2.05) is 13.8 Å². The highest BCUT2D eigenvalue weighted by Gasteiger charge is 2.18. The Kier molecular flexibility index (Phi) is 3.63. The maximum atomic E-state index is 13.3. The molecular weight excluding hydrogens is 200 g/mol. The lowest BCUT2D eigenvalue weighted by Crippen LogP contribution is -2.32. The molecular formula is C11H15F2NO. The molecule has 0 aliphatic carbocycles. The lowest BCUT2D eigenvalue weighted by molar-refractivity contribution is 0.260. The molecule has 0 saturated carbocycles. The summed E-state index contributed by atoms with van der Waals surface area (Å²) in [5, 5.41) is 11.7. The first-order valence-corrected chi connectivity index (χ1v) is 4.79. The van der Waals surface area contributed by atoms with Crippen LogP contribution in [0.5, 0.6) is 0 Å². The Hall–Kier alpha value is -1.16. The van der Waals surface area contributed by atoms with Crippen molar-refractivity contribution in [2.24, 2.45) is 0 Å². The van der Waals surface area contributed by atoms with Crippen molar-refractivity contribution in [3.63, 3.8) is 0 Å². The van der Waals surface area contributed by atoms with E-state index in [0.717, 1.165) is 6.07 Å². The molecule has 0 aromatic heterocycles. The molecule has 1 rings (SSSR count). The highest BCUT2D eigenvalue weighted by Crippen LogP contribution is 2.21. The summed E-state index contributed by atoms with van der Waals surface area (Å²) in [4.78, 5) is 0. The minimum Gasteiger partial charge on any atom is -0.396 e. The smallest absolute Gasteiger partial charge is 0.149 e. The zero-order valence-electron chi connectivity index (χ0n) is 8.85. The molecule has 2 nitrogen and oxygen atoms in total. The number of halogens is 2. The Balaban J connectivity index is 2.80. The normalized spacial score (nSPS) is 11.5. The number of rotatable bonds is 4. The van der Waals surface area contributed by atoms with Crippen LogP contribution in [0.2, 0.25) is 0 Å². The summed E-state index contributed by atoms with van der Waals surface area (Å²) in [6.07, 6.45) is 0.490. The molecule has 0 radical (unpaired) electrons. The molecule has 0 bridgehead atoms. The van der Waals surface area contributed by atoms with E-state index in [1.165, 1.54) is 12.1 Å². The SMILES string of the molecule is CC(C)(CCO)Nc1ccc(F)cc1F. The molecule has 2 N–H and O–H groups in total. The van der Waals surface area contributed by atoms with Crippen molar-refractivity contribution < 1.29 is 13.9 Å². The maximum absolute atomic E-state index is 13.3. The minimum absolute atomic E-state index is 0.0167. The molecule has 15 heavy (non-hydrogen) atoms. The van der Waals surface area contributed by atoms with Crippen molar-refractivity contribution in [3.8, 4) is 0 Å². The Morgan fingerprint density at radius 3 is 2.53 bits per heavy atom. The van der Waals surface area contributed by atoms with Gasteiger partial charge in [0.25, 0.3) is 0 Å². The zero-order valence-corrected chi connectivity index (χ0v) is 8.85. The van der Waals surface area contributed by atoms with Crippen molar-refractivity contribution in [1.29, 1.82) is 0 Å².